The highest BCUT2D eigenvalue weighted by molar-refractivity contribution is 6.22. The molecule has 45 heavy (non-hydrogen) atoms. The smallest absolute Gasteiger partial charge is 0.228 e. The summed E-state index contributed by atoms with van der Waals surface area (Å²) in [5.74, 6) is 0.579. The van der Waals surface area contributed by atoms with Gasteiger partial charge in [-0.25, -0.2) is 4.98 Å². The molecule has 0 saturated carbocycles. The van der Waals surface area contributed by atoms with E-state index in [1.54, 1.807) is 0 Å². The van der Waals surface area contributed by atoms with Gasteiger partial charge in [-0.15, -0.1) is 0 Å². The molecule has 0 N–H and O–H groups in total. The van der Waals surface area contributed by atoms with Crippen molar-refractivity contribution in [2.45, 2.75) is 0 Å². The van der Waals surface area contributed by atoms with Crippen molar-refractivity contribution in [2.75, 3.05) is 4.90 Å². The molecule has 7 aromatic carbocycles. The third-order valence-corrected chi connectivity index (χ3v) is 8.49. The molecule has 0 fully saturated rings. The minimum Gasteiger partial charge on any atom is -0.455 e. The largest absolute Gasteiger partial charge is 0.455 e. The maximum atomic E-state index is 6.62. The zero-order valence-electron chi connectivity index (χ0n) is 24.2. The fourth-order valence-corrected chi connectivity index (χ4v) is 6.42. The number of benzene rings is 7. The maximum Gasteiger partial charge on any atom is 0.228 e. The van der Waals surface area contributed by atoms with Crippen molar-refractivity contribution in [3.8, 4) is 22.6 Å². The second-order valence-corrected chi connectivity index (χ2v) is 11.2. The van der Waals surface area contributed by atoms with Crippen molar-refractivity contribution in [3.05, 3.63) is 158 Å². The number of oxazole rings is 1. The van der Waals surface area contributed by atoms with E-state index in [0.717, 1.165) is 66.4 Å². The lowest BCUT2D eigenvalue weighted by molar-refractivity contribution is 0.620. The van der Waals surface area contributed by atoms with E-state index in [2.05, 4.69) is 120 Å². The first-order valence-electron chi connectivity index (χ1n) is 15.1. The van der Waals surface area contributed by atoms with Crippen molar-refractivity contribution in [1.82, 2.24) is 4.98 Å². The van der Waals surface area contributed by atoms with Gasteiger partial charge >= 0.3 is 0 Å². The van der Waals surface area contributed by atoms with Crippen molar-refractivity contribution < 1.29 is 8.83 Å². The van der Waals surface area contributed by atoms with Crippen LogP contribution in [0.2, 0.25) is 0 Å². The van der Waals surface area contributed by atoms with Gasteiger partial charge in [-0.3, -0.25) is 0 Å². The average molecular weight is 579 g/mol. The van der Waals surface area contributed by atoms with Gasteiger partial charge in [-0.1, -0.05) is 103 Å². The normalized spacial score (nSPS) is 11.6. The molecule has 9 aromatic rings. The van der Waals surface area contributed by atoms with Crippen LogP contribution in [0.5, 0.6) is 0 Å². The first kappa shape index (κ1) is 25.4. The molecule has 2 heterocycles. The highest BCUT2D eigenvalue weighted by atomic mass is 16.3. The third kappa shape index (κ3) is 4.19. The lowest BCUT2D eigenvalue weighted by Gasteiger charge is -2.27. The summed E-state index contributed by atoms with van der Waals surface area (Å²) in [5, 5.41) is 4.15. The van der Waals surface area contributed by atoms with Crippen molar-refractivity contribution in [3.63, 3.8) is 0 Å². The lowest BCUT2D eigenvalue weighted by atomic mass is 9.99. The van der Waals surface area contributed by atoms with Gasteiger partial charge in [0.05, 0.1) is 5.69 Å². The van der Waals surface area contributed by atoms with Crippen LogP contribution in [0.4, 0.5) is 17.1 Å². The second kappa shape index (κ2) is 10.2. The van der Waals surface area contributed by atoms with Crippen LogP contribution in [0, 0.1) is 0 Å². The van der Waals surface area contributed by atoms with E-state index in [9.17, 15) is 0 Å². The van der Waals surface area contributed by atoms with E-state index in [0.29, 0.717) is 5.89 Å². The minimum atomic E-state index is 0.579. The molecule has 0 unspecified atom stereocenters. The molecule has 0 bridgehead atoms. The van der Waals surface area contributed by atoms with Crippen LogP contribution in [0.15, 0.2) is 167 Å². The topological polar surface area (TPSA) is 42.4 Å². The van der Waals surface area contributed by atoms with Crippen molar-refractivity contribution in [2.24, 2.45) is 0 Å². The number of aromatic nitrogens is 1. The maximum absolute atomic E-state index is 6.62. The number of anilines is 3. The predicted octanol–water partition coefficient (Wildman–Crippen LogP) is 11.7. The van der Waals surface area contributed by atoms with E-state index in [-0.39, 0.29) is 0 Å². The van der Waals surface area contributed by atoms with Gasteiger partial charge in [0.2, 0.25) is 5.89 Å². The Morgan fingerprint density at radius 1 is 0.467 bits per heavy atom. The van der Waals surface area contributed by atoms with Crippen molar-refractivity contribution in [1.29, 1.82) is 0 Å². The monoisotopic (exact) mass is 578 g/mol. The zero-order valence-corrected chi connectivity index (χ0v) is 24.2. The van der Waals surface area contributed by atoms with Gasteiger partial charge in [0.25, 0.3) is 0 Å². The van der Waals surface area contributed by atoms with E-state index in [1.165, 1.54) is 11.1 Å². The Labute approximate surface area is 259 Å². The SMILES string of the molecule is c1ccc(-c2ccc(N(c3ccccc3)c3cc4c(oc5cccc(-c6nc7ccccc7o6)c54)c4ccccc34)cc2)cc1. The van der Waals surface area contributed by atoms with Crippen LogP contribution in [-0.2, 0) is 0 Å². The summed E-state index contributed by atoms with van der Waals surface area (Å²) in [6.07, 6.45) is 0. The number of para-hydroxylation sites is 3. The Morgan fingerprint density at radius 2 is 1.11 bits per heavy atom. The first-order chi connectivity index (χ1) is 22.3. The molecule has 4 nitrogen and oxygen atoms in total. The summed E-state index contributed by atoms with van der Waals surface area (Å²) in [6.45, 7) is 0. The van der Waals surface area contributed by atoms with E-state index >= 15 is 0 Å². The minimum absolute atomic E-state index is 0.579. The molecule has 0 amide bonds. The molecule has 0 aliphatic rings. The fourth-order valence-electron chi connectivity index (χ4n) is 6.42. The van der Waals surface area contributed by atoms with Gasteiger partial charge in [0, 0.05) is 38.5 Å². The number of hydrogen-bond donors (Lipinski definition) is 0. The molecule has 0 saturated heterocycles. The van der Waals surface area contributed by atoms with Gasteiger partial charge < -0.3 is 13.7 Å². The Balaban J connectivity index is 1.31. The molecule has 0 atom stereocenters. The van der Waals surface area contributed by atoms with Crippen LogP contribution in [0.1, 0.15) is 0 Å². The van der Waals surface area contributed by atoms with Gasteiger partial charge in [-0.2, -0.15) is 0 Å². The van der Waals surface area contributed by atoms with Crippen LogP contribution >= 0.6 is 0 Å². The van der Waals surface area contributed by atoms with Crippen LogP contribution < -0.4 is 4.90 Å². The summed E-state index contributed by atoms with van der Waals surface area (Å²) in [5.41, 5.74) is 9.71. The Morgan fingerprint density at radius 3 is 1.91 bits per heavy atom. The number of hydrogen-bond acceptors (Lipinski definition) is 4. The Kier molecular flexibility index (Phi) is 5.78. The molecule has 0 aliphatic carbocycles. The Hall–Kier alpha value is -6.13. The van der Waals surface area contributed by atoms with E-state index in [4.69, 9.17) is 13.8 Å². The van der Waals surface area contributed by atoms with Crippen LogP contribution in [0.3, 0.4) is 0 Å². The molecule has 0 radical (unpaired) electrons. The molecular formula is C41H26N2O2. The highest BCUT2D eigenvalue weighted by Gasteiger charge is 2.22. The molecule has 2 aromatic heterocycles. The molecule has 0 aliphatic heterocycles. The molecule has 0 spiro atoms. The van der Waals surface area contributed by atoms with Crippen LogP contribution in [-0.4, -0.2) is 4.98 Å². The van der Waals surface area contributed by atoms with Gasteiger partial charge in [0.1, 0.15) is 16.7 Å². The standard InChI is InChI=1S/C41H26N2O2/c1-3-12-27(13-4-1)28-22-24-30(25-23-28)43(29-14-5-2-6-15-29)36-26-34-39-33(41-42-35-19-9-10-20-37(35)45-41)18-11-21-38(39)44-40(34)32-17-8-7-16-31(32)36/h1-26H. The summed E-state index contributed by atoms with van der Waals surface area (Å²) in [4.78, 5) is 7.18. The number of furan rings is 1. The second-order valence-electron chi connectivity index (χ2n) is 11.2. The summed E-state index contributed by atoms with van der Waals surface area (Å²) < 4.78 is 12.9. The Bertz CT molecular complexity index is 2440. The predicted molar refractivity (Wildman–Crippen MR) is 184 cm³/mol. The molecule has 212 valence electrons. The zero-order chi connectivity index (χ0) is 29.7. The van der Waals surface area contributed by atoms with E-state index in [1.807, 2.05) is 42.5 Å². The summed E-state index contributed by atoms with van der Waals surface area (Å²) >= 11 is 0. The van der Waals surface area contributed by atoms with Crippen molar-refractivity contribution >= 4 is 60.9 Å². The van der Waals surface area contributed by atoms with E-state index < -0.39 is 0 Å². The number of fused-ring (bicyclic) bond motifs is 6. The molecule has 9 rings (SSSR count). The fraction of sp³-hybridized carbons (Fsp3) is 0. The quantitative estimate of drug-likeness (QED) is 0.204. The van der Waals surface area contributed by atoms with Gasteiger partial charge in [-0.05, 0) is 65.7 Å². The lowest BCUT2D eigenvalue weighted by Crippen LogP contribution is -2.10. The first-order valence-corrected chi connectivity index (χ1v) is 15.1. The number of rotatable bonds is 5. The highest BCUT2D eigenvalue weighted by Crippen LogP contribution is 2.46. The average Bonchev–Trinajstić information content (AvgIpc) is 3.72. The summed E-state index contributed by atoms with van der Waals surface area (Å²) in [6, 6.07) is 54.5. The molecule has 4 heteroatoms. The number of nitrogens with zero attached hydrogens (tertiary/aromatic N) is 2. The third-order valence-electron chi connectivity index (χ3n) is 8.49. The van der Waals surface area contributed by atoms with Crippen LogP contribution in [0.25, 0.3) is 66.4 Å². The van der Waals surface area contributed by atoms with Gasteiger partial charge in [0.15, 0.2) is 5.58 Å². The molecular weight excluding hydrogens is 552 g/mol. The summed E-state index contributed by atoms with van der Waals surface area (Å²) in [7, 11) is 0.